The molecule has 0 bridgehead atoms. The Bertz CT molecular complexity index is 1340. The second kappa shape index (κ2) is 7.23. The van der Waals surface area contributed by atoms with Crippen LogP contribution in [0.5, 0.6) is 0 Å². The van der Waals surface area contributed by atoms with Crippen LogP contribution in [0.25, 0.3) is 28.1 Å². The minimum Gasteiger partial charge on any atom is -0.379 e. The third-order valence-electron chi connectivity index (χ3n) is 5.96. The van der Waals surface area contributed by atoms with E-state index in [2.05, 4.69) is 20.7 Å². The van der Waals surface area contributed by atoms with Gasteiger partial charge in [-0.3, -0.25) is 4.79 Å². The summed E-state index contributed by atoms with van der Waals surface area (Å²) in [7, 11) is 1.77. The first-order valence-corrected chi connectivity index (χ1v) is 10.6. The number of hydrogen-bond donors (Lipinski definition) is 2. The van der Waals surface area contributed by atoms with Gasteiger partial charge < -0.3 is 15.4 Å². The Morgan fingerprint density at radius 3 is 2.97 bits per heavy atom. The van der Waals surface area contributed by atoms with Gasteiger partial charge in [0.15, 0.2) is 11.3 Å². The number of amides is 1. The van der Waals surface area contributed by atoms with Crippen molar-refractivity contribution >= 4 is 28.4 Å². The molecular formula is C21H21FN8O2. The minimum atomic E-state index is -0.987. The third kappa shape index (κ3) is 3.00. The SMILES string of the molecule is CNc1cc(-c2nn([C@@H]3CCOC3)c3ncccc23)nc2c(C(=O)N[C@@H]3C[C@@H]3F)cnn12. The number of pyridine rings is 1. The number of nitrogens with zero attached hydrogens (tertiary/aromatic N) is 6. The maximum Gasteiger partial charge on any atom is 0.257 e. The van der Waals surface area contributed by atoms with Crippen molar-refractivity contribution in [2.75, 3.05) is 25.6 Å². The highest BCUT2D eigenvalue weighted by Crippen LogP contribution is 2.32. The number of anilines is 1. The van der Waals surface area contributed by atoms with Gasteiger partial charge in [0.2, 0.25) is 0 Å². The molecule has 0 aromatic carbocycles. The zero-order valence-electron chi connectivity index (χ0n) is 17.3. The van der Waals surface area contributed by atoms with E-state index in [4.69, 9.17) is 14.8 Å². The number of ether oxygens (including phenoxy) is 1. The molecule has 2 aliphatic rings. The fourth-order valence-corrected chi connectivity index (χ4v) is 4.11. The van der Waals surface area contributed by atoms with Crippen LogP contribution in [0.15, 0.2) is 30.6 Å². The van der Waals surface area contributed by atoms with Crippen LogP contribution in [-0.4, -0.2) is 67.7 Å². The van der Waals surface area contributed by atoms with Gasteiger partial charge in [-0.1, -0.05) is 0 Å². The first-order valence-electron chi connectivity index (χ1n) is 10.6. The molecular weight excluding hydrogens is 415 g/mol. The van der Waals surface area contributed by atoms with E-state index in [1.165, 1.54) is 6.20 Å². The smallest absolute Gasteiger partial charge is 0.257 e. The lowest BCUT2D eigenvalue weighted by molar-refractivity contribution is 0.0949. The van der Waals surface area contributed by atoms with Crippen molar-refractivity contribution in [2.24, 2.45) is 0 Å². The Labute approximate surface area is 181 Å². The highest BCUT2D eigenvalue weighted by atomic mass is 19.1. The predicted octanol–water partition coefficient (Wildman–Crippen LogP) is 1.98. The predicted molar refractivity (Wildman–Crippen MR) is 114 cm³/mol. The summed E-state index contributed by atoms with van der Waals surface area (Å²) in [6, 6.07) is 5.33. The van der Waals surface area contributed by atoms with Crippen molar-refractivity contribution in [3.63, 3.8) is 0 Å². The van der Waals surface area contributed by atoms with Gasteiger partial charge in [-0.25, -0.2) is 19.0 Å². The number of halogens is 1. The van der Waals surface area contributed by atoms with Gasteiger partial charge in [-0.05, 0) is 18.6 Å². The minimum absolute atomic E-state index is 0.108. The molecule has 1 aliphatic heterocycles. The zero-order valence-corrected chi connectivity index (χ0v) is 17.3. The lowest BCUT2D eigenvalue weighted by atomic mass is 10.2. The molecule has 3 atom stereocenters. The van der Waals surface area contributed by atoms with E-state index in [0.29, 0.717) is 42.5 Å². The van der Waals surface area contributed by atoms with Crippen LogP contribution in [0.4, 0.5) is 10.2 Å². The zero-order chi connectivity index (χ0) is 21.8. The van der Waals surface area contributed by atoms with Crippen molar-refractivity contribution in [2.45, 2.75) is 31.1 Å². The molecule has 11 heteroatoms. The van der Waals surface area contributed by atoms with Gasteiger partial charge in [0.05, 0.1) is 30.6 Å². The Morgan fingerprint density at radius 1 is 1.34 bits per heavy atom. The molecule has 1 amide bonds. The molecule has 32 heavy (non-hydrogen) atoms. The fourth-order valence-electron chi connectivity index (χ4n) is 4.11. The molecule has 0 unspecified atom stereocenters. The fraction of sp³-hybridized carbons (Fsp3) is 0.381. The van der Waals surface area contributed by atoms with Crippen molar-refractivity contribution in [3.8, 4) is 11.4 Å². The quantitative estimate of drug-likeness (QED) is 0.492. The number of alkyl halides is 1. The maximum absolute atomic E-state index is 13.3. The lowest BCUT2D eigenvalue weighted by Crippen LogP contribution is -2.27. The maximum atomic E-state index is 13.3. The van der Waals surface area contributed by atoms with E-state index in [1.54, 1.807) is 17.8 Å². The molecule has 0 spiro atoms. The van der Waals surface area contributed by atoms with Crippen LogP contribution in [-0.2, 0) is 4.74 Å². The Morgan fingerprint density at radius 2 is 2.22 bits per heavy atom. The van der Waals surface area contributed by atoms with E-state index in [0.717, 1.165) is 17.5 Å². The normalized spacial score (nSPS) is 22.5. The van der Waals surface area contributed by atoms with Gasteiger partial charge in [0.1, 0.15) is 23.2 Å². The molecule has 4 aromatic heterocycles. The molecule has 6 rings (SSSR count). The molecule has 1 aliphatic carbocycles. The number of fused-ring (bicyclic) bond motifs is 2. The van der Waals surface area contributed by atoms with Gasteiger partial charge in [0.25, 0.3) is 5.91 Å². The topological polar surface area (TPSA) is 111 Å². The van der Waals surface area contributed by atoms with Crippen LogP contribution in [0.2, 0.25) is 0 Å². The molecule has 0 radical (unpaired) electrons. The Kier molecular flexibility index (Phi) is 4.32. The summed E-state index contributed by atoms with van der Waals surface area (Å²) in [5.74, 6) is 0.256. The first kappa shape index (κ1) is 19.1. The van der Waals surface area contributed by atoms with Gasteiger partial charge in [-0.2, -0.15) is 14.7 Å². The second-order valence-electron chi connectivity index (χ2n) is 8.09. The molecule has 10 nitrogen and oxygen atoms in total. The summed E-state index contributed by atoms with van der Waals surface area (Å²) in [6.45, 7) is 1.28. The van der Waals surface area contributed by atoms with Crippen LogP contribution >= 0.6 is 0 Å². The average molecular weight is 436 g/mol. The molecule has 1 saturated heterocycles. The number of carbonyl (C=O) groups is 1. The third-order valence-corrected chi connectivity index (χ3v) is 5.96. The standard InChI is InChI=1S/C21H21FN8O2/c1-23-17-8-16(26-20-13(9-25-30(17)20)21(31)27-15-7-14(15)22)18-12-3-2-5-24-19(12)29(28-18)11-4-6-32-10-11/h2-3,5,8-9,11,14-15,23H,4,6-7,10H2,1H3,(H,27,31)/t11-,14+,15-/m1/s1. The largest absolute Gasteiger partial charge is 0.379 e. The summed E-state index contributed by atoms with van der Waals surface area (Å²) in [6.07, 6.45) is 3.41. The molecule has 4 aromatic rings. The summed E-state index contributed by atoms with van der Waals surface area (Å²) in [5.41, 5.74) is 2.67. The Balaban J connectivity index is 1.50. The molecule has 164 valence electrons. The molecule has 5 heterocycles. The van der Waals surface area contributed by atoms with Crippen LogP contribution in [0.3, 0.4) is 0 Å². The number of rotatable bonds is 5. The van der Waals surface area contributed by atoms with Crippen molar-refractivity contribution in [1.29, 1.82) is 0 Å². The highest BCUT2D eigenvalue weighted by molar-refractivity contribution is 6.01. The highest BCUT2D eigenvalue weighted by Gasteiger charge is 2.39. The summed E-state index contributed by atoms with van der Waals surface area (Å²) >= 11 is 0. The molecule has 2 N–H and O–H groups in total. The lowest BCUT2D eigenvalue weighted by Gasteiger charge is -2.09. The first-order chi connectivity index (χ1) is 15.6. The number of nitrogens with one attached hydrogen (secondary N) is 2. The van der Waals surface area contributed by atoms with Crippen LogP contribution in [0, 0.1) is 0 Å². The average Bonchev–Trinajstić information content (AvgIpc) is 3.26. The van der Waals surface area contributed by atoms with E-state index in [9.17, 15) is 9.18 Å². The monoisotopic (exact) mass is 436 g/mol. The van der Waals surface area contributed by atoms with E-state index in [1.807, 2.05) is 22.9 Å². The summed E-state index contributed by atoms with van der Waals surface area (Å²) in [5, 5.41) is 15.8. The van der Waals surface area contributed by atoms with Gasteiger partial charge in [0, 0.05) is 37.7 Å². The second-order valence-corrected chi connectivity index (χ2v) is 8.09. The van der Waals surface area contributed by atoms with Gasteiger partial charge in [-0.15, -0.1) is 0 Å². The van der Waals surface area contributed by atoms with E-state index >= 15 is 0 Å². The van der Waals surface area contributed by atoms with Crippen molar-refractivity contribution in [1.82, 2.24) is 34.7 Å². The van der Waals surface area contributed by atoms with Gasteiger partial charge >= 0.3 is 0 Å². The number of carbonyl (C=O) groups excluding carboxylic acids is 1. The van der Waals surface area contributed by atoms with E-state index < -0.39 is 18.1 Å². The molecule has 1 saturated carbocycles. The number of hydrogen-bond acceptors (Lipinski definition) is 7. The molecule has 2 fully saturated rings. The van der Waals surface area contributed by atoms with E-state index in [-0.39, 0.29) is 11.6 Å². The van der Waals surface area contributed by atoms with Crippen LogP contribution in [0.1, 0.15) is 29.2 Å². The number of aromatic nitrogens is 6. The van der Waals surface area contributed by atoms with Crippen molar-refractivity contribution in [3.05, 3.63) is 36.2 Å². The van der Waals surface area contributed by atoms with Crippen LogP contribution < -0.4 is 10.6 Å². The Hall–Kier alpha value is -3.60. The summed E-state index contributed by atoms with van der Waals surface area (Å²) in [4.78, 5) is 22.0. The van der Waals surface area contributed by atoms with Crippen molar-refractivity contribution < 1.29 is 13.9 Å². The summed E-state index contributed by atoms with van der Waals surface area (Å²) < 4.78 is 22.3.